The predicted molar refractivity (Wildman–Crippen MR) is 99.9 cm³/mol. The van der Waals surface area contributed by atoms with Crippen LogP contribution in [0.1, 0.15) is 57.7 Å². The highest BCUT2D eigenvalue weighted by Gasteiger charge is 2.18. The van der Waals surface area contributed by atoms with Crippen LogP contribution in [0.2, 0.25) is 0 Å². The van der Waals surface area contributed by atoms with Gasteiger partial charge in [0.05, 0.1) is 0 Å². The van der Waals surface area contributed by atoms with E-state index in [9.17, 15) is 9.59 Å². The number of aryl methyl sites for hydroxylation is 3. The fraction of sp³-hybridized carbons (Fsp3) is 0.350. The number of carbonyl (C=O) groups excluding carboxylic acids is 2. The molecule has 0 aliphatic rings. The Hall–Kier alpha value is -3.09. The van der Waals surface area contributed by atoms with Crippen LogP contribution in [-0.4, -0.2) is 37.9 Å². The Bertz CT molecular complexity index is 977. The lowest BCUT2D eigenvalue weighted by Crippen LogP contribution is -2.15. The number of rotatable bonds is 7. The number of Topliss-reactive ketones (excluding diaryl/α,β-unsaturated/α-hetero) is 1. The van der Waals surface area contributed by atoms with Crippen molar-refractivity contribution in [1.82, 2.24) is 19.6 Å². The van der Waals surface area contributed by atoms with Gasteiger partial charge in [-0.3, -0.25) is 4.79 Å². The number of unbranched alkanes of at least 4 members (excludes halogenated alkanes) is 1. The highest BCUT2D eigenvalue weighted by Crippen LogP contribution is 2.10. The monoisotopic (exact) mass is 366 g/mol. The van der Waals surface area contributed by atoms with Crippen molar-refractivity contribution in [3.8, 4) is 0 Å². The number of ether oxygens (including phenoxy) is 1. The Kier molecular flexibility index (Phi) is 5.59. The minimum atomic E-state index is -0.745. The van der Waals surface area contributed by atoms with Gasteiger partial charge in [-0.1, -0.05) is 37.6 Å². The summed E-state index contributed by atoms with van der Waals surface area (Å²) >= 11 is 0. The molecule has 0 spiro atoms. The molecule has 3 rings (SSSR count). The fourth-order valence-corrected chi connectivity index (χ4v) is 2.77. The molecule has 0 aliphatic heterocycles. The Morgan fingerprint density at radius 2 is 1.85 bits per heavy atom. The van der Waals surface area contributed by atoms with Crippen molar-refractivity contribution in [1.29, 1.82) is 0 Å². The Morgan fingerprint density at radius 3 is 2.56 bits per heavy atom. The maximum Gasteiger partial charge on any atom is 0.378 e. The van der Waals surface area contributed by atoms with E-state index in [0.717, 1.165) is 30.7 Å². The minimum Gasteiger partial charge on any atom is -0.451 e. The van der Waals surface area contributed by atoms with Gasteiger partial charge in [0, 0.05) is 17.0 Å². The summed E-state index contributed by atoms with van der Waals surface area (Å²) in [6.07, 6.45) is 3.24. The SMILES string of the molecule is CCCCc1ccc(C(=O)COC(=O)c2nc3nc(C)cc(C)n3n2)cc1. The number of aromatic nitrogens is 4. The lowest BCUT2D eigenvalue weighted by atomic mass is 10.0. The number of esters is 1. The molecular weight excluding hydrogens is 344 g/mol. The summed E-state index contributed by atoms with van der Waals surface area (Å²) in [5, 5.41) is 4.10. The van der Waals surface area contributed by atoms with Crippen LogP contribution >= 0.6 is 0 Å². The molecule has 2 aromatic heterocycles. The molecule has 0 saturated carbocycles. The molecule has 0 radical (unpaired) electrons. The van der Waals surface area contributed by atoms with Crippen LogP contribution in [0.4, 0.5) is 0 Å². The van der Waals surface area contributed by atoms with Crippen LogP contribution in [0, 0.1) is 13.8 Å². The van der Waals surface area contributed by atoms with Crippen molar-refractivity contribution in [2.45, 2.75) is 40.0 Å². The van der Waals surface area contributed by atoms with Gasteiger partial charge in [0.25, 0.3) is 11.6 Å². The highest BCUT2D eigenvalue weighted by atomic mass is 16.5. The molecule has 2 heterocycles. The number of nitrogens with zero attached hydrogens (tertiary/aromatic N) is 4. The molecule has 0 aliphatic carbocycles. The van der Waals surface area contributed by atoms with E-state index in [1.165, 1.54) is 10.1 Å². The van der Waals surface area contributed by atoms with E-state index in [1.807, 2.05) is 32.0 Å². The standard InChI is InChI=1S/C20H22N4O3/c1-4-5-6-15-7-9-16(10-8-15)17(25)12-27-19(26)18-22-20-21-13(2)11-14(3)24(20)23-18/h7-11H,4-6,12H2,1-3H3. The van der Waals surface area contributed by atoms with Crippen LogP contribution in [0.15, 0.2) is 30.3 Å². The van der Waals surface area contributed by atoms with Gasteiger partial charge in [-0.2, -0.15) is 4.98 Å². The van der Waals surface area contributed by atoms with Crippen molar-refractivity contribution in [3.63, 3.8) is 0 Å². The molecular formula is C20H22N4O3. The third-order valence-electron chi connectivity index (χ3n) is 4.23. The zero-order valence-corrected chi connectivity index (χ0v) is 15.7. The van der Waals surface area contributed by atoms with Crippen molar-refractivity contribution < 1.29 is 14.3 Å². The van der Waals surface area contributed by atoms with Gasteiger partial charge in [-0.15, -0.1) is 5.10 Å². The number of hydrogen-bond acceptors (Lipinski definition) is 6. The normalized spacial score (nSPS) is 10.9. The van der Waals surface area contributed by atoms with Gasteiger partial charge in [0.15, 0.2) is 12.4 Å². The first kappa shape index (κ1) is 18.7. The smallest absolute Gasteiger partial charge is 0.378 e. The molecule has 0 N–H and O–H groups in total. The first-order chi connectivity index (χ1) is 13.0. The van der Waals surface area contributed by atoms with Crippen molar-refractivity contribution in [2.24, 2.45) is 0 Å². The Labute approximate surface area is 157 Å². The van der Waals surface area contributed by atoms with E-state index in [-0.39, 0.29) is 18.2 Å². The first-order valence-electron chi connectivity index (χ1n) is 8.98. The second kappa shape index (κ2) is 8.07. The fourth-order valence-electron chi connectivity index (χ4n) is 2.77. The van der Waals surface area contributed by atoms with E-state index in [1.54, 1.807) is 12.1 Å². The zero-order chi connectivity index (χ0) is 19.4. The highest BCUT2D eigenvalue weighted by molar-refractivity contribution is 5.98. The summed E-state index contributed by atoms with van der Waals surface area (Å²) in [6, 6.07) is 9.24. The maximum absolute atomic E-state index is 12.2. The van der Waals surface area contributed by atoms with E-state index in [4.69, 9.17) is 4.74 Å². The predicted octanol–water partition coefficient (Wildman–Crippen LogP) is 3.12. The molecule has 3 aromatic rings. The molecule has 0 unspecified atom stereocenters. The van der Waals surface area contributed by atoms with Crippen LogP contribution in [-0.2, 0) is 11.2 Å². The average molecular weight is 366 g/mol. The van der Waals surface area contributed by atoms with E-state index in [0.29, 0.717) is 11.3 Å². The molecule has 7 nitrogen and oxygen atoms in total. The van der Waals surface area contributed by atoms with Gasteiger partial charge >= 0.3 is 5.97 Å². The zero-order valence-electron chi connectivity index (χ0n) is 15.7. The summed E-state index contributed by atoms with van der Waals surface area (Å²) in [5.74, 6) is -0.794. The van der Waals surface area contributed by atoms with Crippen molar-refractivity contribution in [2.75, 3.05) is 6.61 Å². The molecule has 0 fully saturated rings. The molecule has 0 bridgehead atoms. The van der Waals surface area contributed by atoms with Gasteiger partial charge < -0.3 is 4.74 Å². The summed E-state index contributed by atoms with van der Waals surface area (Å²) < 4.78 is 6.56. The number of carbonyl (C=O) groups is 2. The van der Waals surface area contributed by atoms with Crippen LogP contribution in [0.3, 0.4) is 0 Å². The average Bonchev–Trinajstić information content (AvgIpc) is 3.09. The van der Waals surface area contributed by atoms with Crippen LogP contribution in [0.25, 0.3) is 5.78 Å². The number of ketones is 1. The van der Waals surface area contributed by atoms with Crippen LogP contribution < -0.4 is 0 Å². The molecule has 140 valence electrons. The topological polar surface area (TPSA) is 86.5 Å². The Balaban J connectivity index is 1.63. The van der Waals surface area contributed by atoms with Gasteiger partial charge in [-0.05, 0) is 38.3 Å². The second-order valence-corrected chi connectivity index (χ2v) is 6.49. The molecule has 27 heavy (non-hydrogen) atoms. The summed E-state index contributed by atoms with van der Waals surface area (Å²) in [6.45, 7) is 5.47. The minimum absolute atomic E-state index is 0.112. The first-order valence-corrected chi connectivity index (χ1v) is 8.98. The lowest BCUT2D eigenvalue weighted by Gasteiger charge is -2.04. The van der Waals surface area contributed by atoms with Gasteiger partial charge in [0.1, 0.15) is 0 Å². The van der Waals surface area contributed by atoms with Crippen molar-refractivity contribution >= 4 is 17.5 Å². The summed E-state index contributed by atoms with van der Waals surface area (Å²) in [5.41, 5.74) is 3.30. The van der Waals surface area contributed by atoms with Crippen molar-refractivity contribution in [3.05, 3.63) is 58.7 Å². The summed E-state index contributed by atoms with van der Waals surface area (Å²) in [7, 11) is 0. The number of fused-ring (bicyclic) bond motifs is 1. The van der Waals surface area contributed by atoms with E-state index < -0.39 is 5.97 Å². The van der Waals surface area contributed by atoms with Crippen LogP contribution in [0.5, 0.6) is 0 Å². The quantitative estimate of drug-likeness (QED) is 0.472. The van der Waals surface area contributed by atoms with E-state index >= 15 is 0 Å². The molecule has 0 atom stereocenters. The number of hydrogen-bond donors (Lipinski definition) is 0. The molecule has 1 aromatic carbocycles. The second-order valence-electron chi connectivity index (χ2n) is 6.49. The lowest BCUT2D eigenvalue weighted by molar-refractivity contribution is 0.0463. The number of benzene rings is 1. The van der Waals surface area contributed by atoms with Gasteiger partial charge in [0.2, 0.25) is 0 Å². The molecule has 0 saturated heterocycles. The largest absolute Gasteiger partial charge is 0.451 e. The third kappa shape index (κ3) is 4.36. The Morgan fingerprint density at radius 1 is 1.11 bits per heavy atom. The third-order valence-corrected chi connectivity index (χ3v) is 4.23. The molecule has 7 heteroatoms. The maximum atomic E-state index is 12.2. The van der Waals surface area contributed by atoms with Gasteiger partial charge in [-0.25, -0.2) is 14.3 Å². The van der Waals surface area contributed by atoms with E-state index in [2.05, 4.69) is 22.0 Å². The molecule has 0 amide bonds. The summed E-state index contributed by atoms with van der Waals surface area (Å²) in [4.78, 5) is 32.7.